The van der Waals surface area contributed by atoms with Crippen molar-refractivity contribution in [2.75, 3.05) is 6.61 Å². The Labute approximate surface area is 117 Å². The van der Waals surface area contributed by atoms with E-state index in [0.717, 1.165) is 5.56 Å². The number of esters is 1. The molecule has 0 radical (unpaired) electrons. The van der Waals surface area contributed by atoms with Gasteiger partial charge in [-0.25, -0.2) is 4.79 Å². The monoisotopic (exact) mass is 266 g/mol. The fourth-order valence-corrected chi connectivity index (χ4v) is 1.68. The standard InChI is InChI=1S/C17H14O3/c1-2-13-8-10-15(11-9-13)17(19)20-12-16(18)14-6-4-3-5-7-14/h2-11H,1,12H2. The molecule has 100 valence electrons. The SMILES string of the molecule is C=Cc1ccc(C(=O)OCC(=O)c2ccccc2)cc1. The highest BCUT2D eigenvalue weighted by Crippen LogP contribution is 2.07. The molecule has 0 fully saturated rings. The van der Waals surface area contributed by atoms with E-state index in [9.17, 15) is 9.59 Å². The molecule has 2 aromatic carbocycles. The number of benzene rings is 2. The number of rotatable bonds is 5. The van der Waals surface area contributed by atoms with E-state index >= 15 is 0 Å². The third-order valence-electron chi connectivity index (χ3n) is 2.81. The number of carbonyl (C=O) groups excluding carboxylic acids is 2. The van der Waals surface area contributed by atoms with Crippen molar-refractivity contribution in [1.82, 2.24) is 0 Å². The predicted molar refractivity (Wildman–Crippen MR) is 77.6 cm³/mol. The highest BCUT2D eigenvalue weighted by molar-refractivity contribution is 5.99. The number of ether oxygens (including phenoxy) is 1. The van der Waals surface area contributed by atoms with E-state index in [1.54, 1.807) is 54.6 Å². The first-order valence-electron chi connectivity index (χ1n) is 6.18. The van der Waals surface area contributed by atoms with Crippen LogP contribution in [0.2, 0.25) is 0 Å². The zero-order chi connectivity index (χ0) is 14.4. The summed E-state index contributed by atoms with van der Waals surface area (Å²) in [5.41, 5.74) is 1.86. The van der Waals surface area contributed by atoms with Crippen LogP contribution in [0.4, 0.5) is 0 Å². The zero-order valence-electron chi connectivity index (χ0n) is 10.9. The minimum atomic E-state index is -0.509. The molecule has 2 rings (SSSR count). The predicted octanol–water partition coefficient (Wildman–Crippen LogP) is 3.37. The maximum Gasteiger partial charge on any atom is 0.338 e. The average Bonchev–Trinajstić information content (AvgIpc) is 2.53. The molecule has 20 heavy (non-hydrogen) atoms. The average molecular weight is 266 g/mol. The van der Waals surface area contributed by atoms with Crippen molar-refractivity contribution in [1.29, 1.82) is 0 Å². The highest BCUT2D eigenvalue weighted by Gasteiger charge is 2.11. The molecule has 0 N–H and O–H groups in total. The second kappa shape index (κ2) is 6.48. The number of hydrogen-bond donors (Lipinski definition) is 0. The summed E-state index contributed by atoms with van der Waals surface area (Å²) in [6.07, 6.45) is 1.69. The molecule has 0 saturated heterocycles. The van der Waals surface area contributed by atoms with E-state index in [0.29, 0.717) is 11.1 Å². The van der Waals surface area contributed by atoms with Crippen molar-refractivity contribution in [3.8, 4) is 0 Å². The molecule has 0 bridgehead atoms. The van der Waals surface area contributed by atoms with Gasteiger partial charge in [0.15, 0.2) is 12.4 Å². The third-order valence-corrected chi connectivity index (χ3v) is 2.81. The van der Waals surface area contributed by atoms with Crippen molar-refractivity contribution in [3.63, 3.8) is 0 Å². The van der Waals surface area contributed by atoms with E-state index in [1.165, 1.54) is 0 Å². The fourth-order valence-electron chi connectivity index (χ4n) is 1.68. The molecule has 0 aliphatic rings. The van der Waals surface area contributed by atoms with E-state index in [2.05, 4.69) is 6.58 Å². The smallest absolute Gasteiger partial charge is 0.338 e. The Morgan fingerprint density at radius 3 is 2.20 bits per heavy atom. The summed E-state index contributed by atoms with van der Waals surface area (Å²) in [6.45, 7) is 3.38. The van der Waals surface area contributed by atoms with Crippen LogP contribution < -0.4 is 0 Å². The lowest BCUT2D eigenvalue weighted by Gasteiger charge is -2.04. The normalized spacial score (nSPS) is 9.80. The maximum atomic E-state index is 11.8. The van der Waals surface area contributed by atoms with E-state index in [-0.39, 0.29) is 12.4 Å². The lowest BCUT2D eigenvalue weighted by molar-refractivity contribution is 0.0475. The van der Waals surface area contributed by atoms with Gasteiger partial charge in [0, 0.05) is 5.56 Å². The largest absolute Gasteiger partial charge is 0.454 e. The Kier molecular flexibility index (Phi) is 4.45. The van der Waals surface area contributed by atoms with Crippen LogP contribution in [0, 0.1) is 0 Å². The Morgan fingerprint density at radius 1 is 0.950 bits per heavy atom. The molecule has 0 amide bonds. The summed E-state index contributed by atoms with van der Waals surface area (Å²) < 4.78 is 5.00. The van der Waals surface area contributed by atoms with Crippen molar-refractivity contribution in [2.45, 2.75) is 0 Å². The molecule has 0 aliphatic carbocycles. The maximum absolute atomic E-state index is 11.8. The lowest BCUT2D eigenvalue weighted by Crippen LogP contribution is -2.14. The number of Topliss-reactive ketones (excluding diaryl/α,β-unsaturated/α-hetero) is 1. The van der Waals surface area contributed by atoms with Gasteiger partial charge in [0.1, 0.15) is 0 Å². The summed E-state index contributed by atoms with van der Waals surface area (Å²) in [4.78, 5) is 23.6. The molecule has 0 atom stereocenters. The van der Waals surface area contributed by atoms with Crippen LogP contribution in [0.5, 0.6) is 0 Å². The molecule has 0 spiro atoms. The van der Waals surface area contributed by atoms with Crippen molar-refractivity contribution < 1.29 is 14.3 Å². The highest BCUT2D eigenvalue weighted by atomic mass is 16.5. The summed E-state index contributed by atoms with van der Waals surface area (Å²) in [7, 11) is 0. The second-order valence-electron chi connectivity index (χ2n) is 4.19. The zero-order valence-corrected chi connectivity index (χ0v) is 10.9. The molecule has 0 heterocycles. The van der Waals surface area contributed by atoms with Gasteiger partial charge in [0.2, 0.25) is 0 Å². The quantitative estimate of drug-likeness (QED) is 0.615. The summed E-state index contributed by atoms with van der Waals surface area (Å²) in [5, 5.41) is 0. The Balaban J connectivity index is 1.95. The van der Waals surface area contributed by atoms with Crippen molar-refractivity contribution in [3.05, 3.63) is 77.9 Å². The van der Waals surface area contributed by atoms with Crippen LogP contribution in [0.25, 0.3) is 6.08 Å². The molecule has 0 saturated carbocycles. The summed E-state index contributed by atoms with van der Waals surface area (Å²) in [6, 6.07) is 15.6. The third kappa shape index (κ3) is 3.42. The van der Waals surface area contributed by atoms with Gasteiger partial charge in [-0.1, -0.05) is 55.1 Å². The topological polar surface area (TPSA) is 43.4 Å². The van der Waals surface area contributed by atoms with Crippen LogP contribution in [0.3, 0.4) is 0 Å². The van der Waals surface area contributed by atoms with Crippen LogP contribution in [0.15, 0.2) is 61.2 Å². The first-order chi connectivity index (χ1) is 9.70. The second-order valence-corrected chi connectivity index (χ2v) is 4.19. The first-order valence-corrected chi connectivity index (χ1v) is 6.18. The summed E-state index contributed by atoms with van der Waals surface area (Å²) in [5.74, 6) is -0.730. The van der Waals surface area contributed by atoms with Gasteiger partial charge in [-0.2, -0.15) is 0 Å². The van der Waals surface area contributed by atoms with E-state index in [1.807, 2.05) is 6.07 Å². The Morgan fingerprint density at radius 2 is 1.60 bits per heavy atom. The van der Waals surface area contributed by atoms with E-state index < -0.39 is 5.97 Å². The minimum Gasteiger partial charge on any atom is -0.454 e. The molecule has 2 aromatic rings. The number of carbonyl (C=O) groups is 2. The van der Waals surface area contributed by atoms with Crippen LogP contribution in [0.1, 0.15) is 26.3 Å². The number of hydrogen-bond acceptors (Lipinski definition) is 3. The van der Waals surface area contributed by atoms with Crippen LogP contribution in [-0.2, 0) is 4.74 Å². The fraction of sp³-hybridized carbons (Fsp3) is 0.0588. The van der Waals surface area contributed by atoms with Gasteiger partial charge in [0.25, 0.3) is 0 Å². The molecule has 0 aliphatic heterocycles. The molecular formula is C17H14O3. The number of ketones is 1. The van der Waals surface area contributed by atoms with E-state index in [4.69, 9.17) is 4.74 Å². The van der Waals surface area contributed by atoms with Gasteiger partial charge >= 0.3 is 5.97 Å². The lowest BCUT2D eigenvalue weighted by atomic mass is 10.1. The minimum absolute atomic E-state index is 0.221. The molecule has 3 nitrogen and oxygen atoms in total. The van der Waals surface area contributed by atoms with Crippen molar-refractivity contribution >= 4 is 17.8 Å². The summed E-state index contributed by atoms with van der Waals surface area (Å²) >= 11 is 0. The Bertz CT molecular complexity index is 612. The van der Waals surface area contributed by atoms with Gasteiger partial charge in [-0.3, -0.25) is 4.79 Å². The first kappa shape index (κ1) is 13.7. The van der Waals surface area contributed by atoms with Gasteiger partial charge in [-0.05, 0) is 17.7 Å². The van der Waals surface area contributed by atoms with Gasteiger partial charge in [0.05, 0.1) is 5.56 Å². The molecular weight excluding hydrogens is 252 g/mol. The molecule has 0 unspecified atom stereocenters. The van der Waals surface area contributed by atoms with Gasteiger partial charge < -0.3 is 4.74 Å². The molecule has 3 heteroatoms. The van der Waals surface area contributed by atoms with Crippen LogP contribution >= 0.6 is 0 Å². The molecule has 0 aromatic heterocycles. The van der Waals surface area contributed by atoms with Gasteiger partial charge in [-0.15, -0.1) is 0 Å². The van der Waals surface area contributed by atoms with Crippen molar-refractivity contribution in [2.24, 2.45) is 0 Å². The van der Waals surface area contributed by atoms with Crippen LogP contribution in [-0.4, -0.2) is 18.4 Å². The Hall–Kier alpha value is -2.68.